The summed E-state index contributed by atoms with van der Waals surface area (Å²) in [4.78, 5) is 14.1. The van der Waals surface area contributed by atoms with Gasteiger partial charge in [-0.05, 0) is 61.1 Å². The van der Waals surface area contributed by atoms with Gasteiger partial charge >= 0.3 is 5.97 Å². The Labute approximate surface area is 142 Å². The summed E-state index contributed by atoms with van der Waals surface area (Å²) in [7, 11) is 7.51. The van der Waals surface area contributed by atoms with Crippen molar-refractivity contribution in [1.29, 1.82) is 0 Å². The molecule has 2 heterocycles. The van der Waals surface area contributed by atoms with E-state index >= 15 is 0 Å². The zero-order chi connectivity index (χ0) is 16.6. The molecule has 3 rings (SSSR count). The number of hydrogen-bond acceptors (Lipinski definition) is 4. The molecule has 2 radical (unpaired) electrons. The normalized spacial score (nSPS) is 14.7. The fourth-order valence-electron chi connectivity index (χ4n) is 3.20. The van der Waals surface area contributed by atoms with Gasteiger partial charge in [0, 0.05) is 15.6 Å². The van der Waals surface area contributed by atoms with Crippen LogP contribution in [0.4, 0.5) is 0 Å². The summed E-state index contributed by atoms with van der Waals surface area (Å²) in [5, 5.41) is 0. The molecule has 2 aromatic rings. The van der Waals surface area contributed by atoms with Crippen LogP contribution < -0.4 is 4.74 Å². The van der Waals surface area contributed by atoms with E-state index < -0.39 is 11.8 Å². The molecule has 118 valence electrons. The second-order valence-electron chi connectivity index (χ2n) is 5.78. The third-order valence-electron chi connectivity index (χ3n) is 4.27. The van der Waals surface area contributed by atoms with E-state index in [0.717, 1.165) is 51.6 Å². The maximum absolute atomic E-state index is 11.9. The lowest BCUT2D eigenvalue weighted by molar-refractivity contribution is -0.140. The lowest BCUT2D eigenvalue weighted by atomic mass is 9.77. The first-order valence-electron chi connectivity index (χ1n) is 7.72. The molecule has 0 N–H and O–H groups in total. The Hall–Kier alpha value is -1.75. The zero-order valence-corrected chi connectivity index (χ0v) is 14.5. The number of fused-ring (bicyclic) bond motifs is 1. The van der Waals surface area contributed by atoms with Crippen LogP contribution in [0.2, 0.25) is 0 Å². The topological polar surface area (TPSA) is 35.5 Å². The highest BCUT2D eigenvalue weighted by Gasteiger charge is 2.25. The van der Waals surface area contributed by atoms with Crippen LogP contribution >= 0.6 is 11.3 Å². The van der Waals surface area contributed by atoms with Gasteiger partial charge in [-0.25, -0.2) is 0 Å². The van der Waals surface area contributed by atoms with Gasteiger partial charge in [0.2, 0.25) is 0 Å². The van der Waals surface area contributed by atoms with E-state index in [4.69, 9.17) is 17.3 Å². The molecule has 0 fully saturated rings. The molecule has 1 aliphatic heterocycles. The van der Waals surface area contributed by atoms with Crippen molar-refractivity contribution < 1.29 is 14.3 Å². The quantitative estimate of drug-likeness (QED) is 0.637. The fourth-order valence-corrected chi connectivity index (χ4v) is 4.32. The third kappa shape index (κ3) is 2.90. The second kappa shape index (κ2) is 6.40. The maximum atomic E-state index is 11.9. The first kappa shape index (κ1) is 16.1. The highest BCUT2D eigenvalue weighted by Crippen LogP contribution is 2.41. The maximum Gasteiger partial charge on any atom is 0.304 e. The number of methoxy groups -OCH3 is 1. The van der Waals surface area contributed by atoms with Gasteiger partial charge in [-0.2, -0.15) is 0 Å². The first-order chi connectivity index (χ1) is 11.0. The number of aryl methyl sites for hydroxylation is 3. The van der Waals surface area contributed by atoms with E-state index in [-0.39, 0.29) is 0 Å². The Morgan fingerprint density at radius 2 is 2.13 bits per heavy atom. The van der Waals surface area contributed by atoms with Crippen molar-refractivity contribution in [2.45, 2.75) is 32.5 Å². The lowest BCUT2D eigenvalue weighted by Crippen LogP contribution is -2.15. The predicted molar refractivity (Wildman–Crippen MR) is 93.6 cm³/mol. The average molecular weight is 326 g/mol. The van der Waals surface area contributed by atoms with E-state index in [9.17, 15) is 4.79 Å². The van der Waals surface area contributed by atoms with Gasteiger partial charge in [-0.3, -0.25) is 4.79 Å². The monoisotopic (exact) mass is 326 g/mol. The summed E-state index contributed by atoms with van der Waals surface area (Å²) in [5.41, 5.74) is 4.23. The number of benzene rings is 1. The molecular weight excluding hydrogens is 307 g/mol. The number of thiophene rings is 1. The summed E-state index contributed by atoms with van der Waals surface area (Å²) in [6, 6.07) is 6.23. The number of carbonyl (C=O) groups excluding carboxylic acids is 1. The van der Waals surface area contributed by atoms with Crippen LogP contribution in [0.5, 0.6) is 5.75 Å². The van der Waals surface area contributed by atoms with E-state index in [1.807, 2.05) is 19.1 Å². The smallest absolute Gasteiger partial charge is 0.304 e. The van der Waals surface area contributed by atoms with Crippen molar-refractivity contribution in [3.8, 4) is 16.9 Å². The van der Waals surface area contributed by atoms with Gasteiger partial charge in [0.1, 0.15) is 5.75 Å². The number of esters is 1. The molecule has 0 spiro atoms. The number of ether oxygens (including phenoxy) is 2. The Morgan fingerprint density at radius 3 is 2.87 bits per heavy atom. The number of rotatable bonds is 3. The minimum atomic E-state index is -0.757. The molecule has 3 nitrogen and oxygen atoms in total. The zero-order valence-electron chi connectivity index (χ0n) is 13.6. The third-order valence-corrected chi connectivity index (χ3v) is 5.31. The summed E-state index contributed by atoms with van der Waals surface area (Å²) in [5.74, 6) is -0.205. The fraction of sp³-hybridized carbons (Fsp3) is 0.389. The molecule has 0 aliphatic carbocycles. The molecular formula is C18H19BO3S. The minimum absolute atomic E-state index is 0.409. The summed E-state index contributed by atoms with van der Waals surface area (Å²) in [6.45, 7) is 4.85. The van der Waals surface area contributed by atoms with E-state index in [0.29, 0.717) is 0 Å². The van der Waals surface area contributed by atoms with Gasteiger partial charge < -0.3 is 9.47 Å². The molecule has 0 saturated carbocycles. The molecule has 23 heavy (non-hydrogen) atoms. The molecule has 0 amide bonds. The molecule has 1 atom stereocenters. The highest BCUT2D eigenvalue weighted by molar-refractivity contribution is 7.12. The molecule has 1 aromatic carbocycles. The Bertz CT molecular complexity index is 751. The molecule has 0 bridgehead atoms. The standard InChI is InChI=1S/C18H19BO3S/c1-10-15(16(11(2)23-10)17(19)18(20)21-3)13-6-7-14-12(9-13)5-4-8-22-14/h6-7,9,17H,4-5,8H2,1-3H3. The molecule has 0 saturated heterocycles. The van der Waals surface area contributed by atoms with Gasteiger partial charge in [0.15, 0.2) is 0 Å². The Kier molecular flexibility index (Phi) is 4.49. The van der Waals surface area contributed by atoms with Crippen LogP contribution in [-0.2, 0) is 16.0 Å². The summed E-state index contributed by atoms with van der Waals surface area (Å²) < 4.78 is 10.5. The van der Waals surface area contributed by atoms with Gasteiger partial charge in [0.25, 0.3) is 0 Å². The lowest BCUT2D eigenvalue weighted by Gasteiger charge is -2.19. The SMILES string of the molecule is [B]C(C(=O)OC)c1c(C)sc(C)c1-c1ccc2c(c1)CCCO2. The molecule has 1 unspecified atom stereocenters. The summed E-state index contributed by atoms with van der Waals surface area (Å²) in [6.07, 6.45) is 2.05. The van der Waals surface area contributed by atoms with Crippen LogP contribution in [0.1, 0.15) is 33.1 Å². The first-order valence-corrected chi connectivity index (χ1v) is 8.54. The molecule has 1 aliphatic rings. The van der Waals surface area contributed by atoms with Crippen molar-refractivity contribution in [1.82, 2.24) is 0 Å². The van der Waals surface area contributed by atoms with Crippen molar-refractivity contribution >= 4 is 25.2 Å². The molecule has 5 heteroatoms. The van der Waals surface area contributed by atoms with Crippen LogP contribution in [0.3, 0.4) is 0 Å². The number of carbonyl (C=O) groups is 1. The van der Waals surface area contributed by atoms with Crippen LogP contribution in [0.15, 0.2) is 18.2 Å². The van der Waals surface area contributed by atoms with Gasteiger partial charge in [-0.15, -0.1) is 11.3 Å². The van der Waals surface area contributed by atoms with Gasteiger partial charge in [-0.1, -0.05) is 6.07 Å². The minimum Gasteiger partial charge on any atom is -0.493 e. The van der Waals surface area contributed by atoms with E-state index in [1.54, 1.807) is 11.3 Å². The Morgan fingerprint density at radius 1 is 1.35 bits per heavy atom. The summed E-state index contributed by atoms with van der Waals surface area (Å²) >= 11 is 1.67. The van der Waals surface area contributed by atoms with Crippen molar-refractivity contribution in [3.63, 3.8) is 0 Å². The van der Waals surface area contributed by atoms with Crippen LogP contribution in [0.25, 0.3) is 11.1 Å². The van der Waals surface area contributed by atoms with Gasteiger partial charge in [0.05, 0.1) is 21.6 Å². The highest BCUT2D eigenvalue weighted by atomic mass is 32.1. The Balaban J connectivity index is 2.11. The van der Waals surface area contributed by atoms with Crippen LogP contribution in [-0.4, -0.2) is 27.5 Å². The van der Waals surface area contributed by atoms with Crippen LogP contribution in [0, 0.1) is 13.8 Å². The van der Waals surface area contributed by atoms with Crippen molar-refractivity contribution in [2.24, 2.45) is 0 Å². The average Bonchev–Trinajstić information content (AvgIpc) is 2.87. The predicted octanol–water partition coefficient (Wildman–Crippen LogP) is 3.74. The van der Waals surface area contributed by atoms with E-state index in [1.165, 1.54) is 12.7 Å². The molecule has 1 aromatic heterocycles. The van der Waals surface area contributed by atoms with Crippen molar-refractivity contribution in [3.05, 3.63) is 39.1 Å². The van der Waals surface area contributed by atoms with E-state index in [2.05, 4.69) is 13.0 Å². The largest absolute Gasteiger partial charge is 0.493 e. The second-order valence-corrected chi connectivity index (χ2v) is 7.21. The van der Waals surface area contributed by atoms with Crippen molar-refractivity contribution in [2.75, 3.05) is 13.7 Å². The number of hydrogen-bond donors (Lipinski definition) is 0.